The van der Waals surface area contributed by atoms with Crippen molar-refractivity contribution in [2.45, 2.75) is 43.7 Å². The third kappa shape index (κ3) is 6.54. The second-order valence-electron chi connectivity index (χ2n) is 9.19. The van der Waals surface area contributed by atoms with Gasteiger partial charge in [-0.05, 0) is 48.1 Å². The number of esters is 1. The zero-order chi connectivity index (χ0) is 30.6. The summed E-state index contributed by atoms with van der Waals surface area (Å²) in [6.45, 7) is 4.84. The molecule has 0 N–H and O–H groups in total. The third-order valence-electron chi connectivity index (χ3n) is 6.31. The van der Waals surface area contributed by atoms with E-state index in [0.717, 1.165) is 12.1 Å². The summed E-state index contributed by atoms with van der Waals surface area (Å²) in [5.41, 5.74) is -0.204. The van der Waals surface area contributed by atoms with Crippen LogP contribution in [0.1, 0.15) is 42.4 Å². The topological polar surface area (TPSA) is 74.2 Å². The monoisotopic (exact) mass is 589 g/mol. The molecule has 0 fully saturated rings. The van der Waals surface area contributed by atoms with Gasteiger partial charge in [0.2, 0.25) is 0 Å². The van der Waals surface area contributed by atoms with Crippen molar-refractivity contribution in [1.29, 1.82) is 0 Å². The highest BCUT2D eigenvalue weighted by Gasteiger charge is 2.75. The van der Waals surface area contributed by atoms with Crippen LogP contribution in [0.3, 0.4) is 0 Å². The Morgan fingerprint density at radius 1 is 0.878 bits per heavy atom. The quantitative estimate of drug-likeness (QED) is 0.0919. The third-order valence-corrected chi connectivity index (χ3v) is 6.31. The van der Waals surface area contributed by atoms with Crippen molar-refractivity contribution in [3.63, 3.8) is 0 Å². The van der Waals surface area contributed by atoms with Gasteiger partial charge in [-0.1, -0.05) is 43.0 Å². The average Bonchev–Trinajstić information content (AvgIpc) is 3.21. The Balaban J connectivity index is 1.72. The molecule has 1 unspecified atom stereocenters. The molecular weight excluding hydrogens is 563 g/mol. The molecule has 41 heavy (non-hydrogen) atoms. The molecule has 222 valence electrons. The van der Waals surface area contributed by atoms with Gasteiger partial charge in [0, 0.05) is 24.1 Å². The number of rotatable bonds is 11. The van der Waals surface area contributed by atoms with E-state index in [1.807, 2.05) is 0 Å². The van der Waals surface area contributed by atoms with Crippen molar-refractivity contribution in [2.24, 2.45) is 4.99 Å². The van der Waals surface area contributed by atoms with Gasteiger partial charge in [-0.15, -0.1) is 0 Å². The number of nitrogens with zero attached hydrogens (tertiary/aromatic N) is 1. The summed E-state index contributed by atoms with van der Waals surface area (Å²) in [6, 6.07) is 9.93. The number of halogens is 7. The maximum Gasteiger partial charge on any atom is 0.508 e. The van der Waals surface area contributed by atoms with Crippen LogP contribution in [0.15, 0.2) is 59.6 Å². The van der Waals surface area contributed by atoms with E-state index in [1.165, 1.54) is 13.0 Å². The van der Waals surface area contributed by atoms with Crippen molar-refractivity contribution in [1.82, 2.24) is 0 Å². The molecule has 0 saturated heterocycles. The molecule has 2 aromatic carbocycles. The second kappa shape index (κ2) is 12.3. The molecule has 1 aliphatic carbocycles. The lowest BCUT2D eigenvalue weighted by molar-refractivity contribution is -0.336. The minimum Gasteiger partial charge on any atom is -0.462 e. The van der Waals surface area contributed by atoms with E-state index in [0.29, 0.717) is 36.6 Å². The fourth-order valence-corrected chi connectivity index (χ4v) is 4.25. The van der Waals surface area contributed by atoms with E-state index >= 15 is 0 Å². The first-order valence-corrected chi connectivity index (χ1v) is 12.3. The summed E-state index contributed by atoms with van der Waals surface area (Å²) in [5.74, 6) is -13.1. The van der Waals surface area contributed by atoms with Crippen molar-refractivity contribution < 1.29 is 54.5 Å². The van der Waals surface area contributed by atoms with E-state index in [1.54, 1.807) is 24.3 Å². The predicted molar refractivity (Wildman–Crippen MR) is 134 cm³/mol. The summed E-state index contributed by atoms with van der Waals surface area (Å²) in [5, 5.41) is 0. The van der Waals surface area contributed by atoms with Crippen LogP contribution in [0.2, 0.25) is 0 Å². The van der Waals surface area contributed by atoms with Gasteiger partial charge in [0.05, 0.1) is 13.2 Å². The molecule has 0 heterocycles. The van der Waals surface area contributed by atoms with Gasteiger partial charge < -0.3 is 14.2 Å². The Kier molecular flexibility index (Phi) is 9.50. The van der Waals surface area contributed by atoms with E-state index in [-0.39, 0.29) is 31.0 Å². The molecule has 0 spiro atoms. The van der Waals surface area contributed by atoms with Crippen molar-refractivity contribution in [3.05, 3.63) is 71.3 Å². The minimum absolute atomic E-state index is 0.0133. The number of aliphatic imine (C=N–C) groups is 1. The number of benzene rings is 2. The summed E-state index contributed by atoms with van der Waals surface area (Å²) >= 11 is 0. The number of hydrogen-bond donors (Lipinski definition) is 0. The largest absolute Gasteiger partial charge is 0.508 e. The molecule has 0 amide bonds. The predicted octanol–water partition coefficient (Wildman–Crippen LogP) is 7.10. The lowest BCUT2D eigenvalue weighted by atomic mass is 9.93. The van der Waals surface area contributed by atoms with E-state index in [4.69, 9.17) is 14.2 Å². The maximum absolute atomic E-state index is 14.5. The number of alkyl halides is 7. The Morgan fingerprint density at radius 2 is 1.49 bits per heavy atom. The smallest absolute Gasteiger partial charge is 0.462 e. The van der Waals surface area contributed by atoms with Crippen molar-refractivity contribution in [2.75, 3.05) is 26.9 Å². The molecule has 1 atom stereocenters. The fraction of sp³-hybridized carbons (Fsp3) is 0.393. The van der Waals surface area contributed by atoms with Crippen molar-refractivity contribution >= 4 is 17.8 Å². The first kappa shape index (κ1) is 31.6. The van der Waals surface area contributed by atoms with E-state index < -0.39 is 47.3 Å². The van der Waals surface area contributed by atoms with Crippen LogP contribution in [-0.4, -0.2) is 62.7 Å². The molecule has 0 saturated carbocycles. The summed E-state index contributed by atoms with van der Waals surface area (Å²) in [4.78, 5) is 26.5. The fourth-order valence-electron chi connectivity index (χ4n) is 4.25. The number of carbonyl (C=O) groups is 2. The molecule has 1 aliphatic rings. The highest BCUT2D eigenvalue weighted by molar-refractivity contribution is 6.07. The normalized spacial score (nSPS) is 15.1. The number of carbonyl (C=O) groups excluding carboxylic acids is 2. The summed E-state index contributed by atoms with van der Waals surface area (Å²) < 4.78 is 110. The Hall–Kier alpha value is -3.90. The van der Waals surface area contributed by atoms with Crippen LogP contribution in [0, 0.1) is 0 Å². The maximum atomic E-state index is 14.5. The molecule has 0 bridgehead atoms. The lowest BCUT2D eigenvalue weighted by Crippen LogP contribution is -2.56. The Morgan fingerprint density at radius 3 is 2.10 bits per heavy atom. The summed E-state index contributed by atoms with van der Waals surface area (Å²) in [6.07, 6.45) is -6.68. The minimum atomic E-state index is -6.51. The van der Waals surface area contributed by atoms with Gasteiger partial charge in [0.15, 0.2) is 0 Å². The van der Waals surface area contributed by atoms with Crippen LogP contribution < -0.4 is 0 Å². The standard InChI is InChI=1S/C28H26F7NO5/c1-16(2)24(37)39-12-6-7-13-40-25(38)41-15-22-19-9-5-4-8-18(19)21-14-17(10-11-20(21)22)23(36-3)26(29,30)27(31,32)28(33,34)35/h4-5,8-11,14,22H,1,6-7,12-13,15H2,2-3H3/b36-23-. The van der Waals surface area contributed by atoms with Gasteiger partial charge in [0.25, 0.3) is 0 Å². The Bertz CT molecular complexity index is 1340. The van der Waals surface area contributed by atoms with Gasteiger partial charge in [0.1, 0.15) is 12.3 Å². The zero-order valence-corrected chi connectivity index (χ0v) is 22.0. The van der Waals surface area contributed by atoms with Crippen LogP contribution in [0.4, 0.5) is 35.5 Å². The van der Waals surface area contributed by atoms with E-state index in [9.17, 15) is 40.3 Å². The SMILES string of the molecule is C=C(C)C(=O)OCCCCOC(=O)OCC1c2ccccc2-c2cc(/C(=N/C)C(F)(F)C(F)(F)C(F)(F)F)ccc21. The van der Waals surface area contributed by atoms with Gasteiger partial charge in [-0.3, -0.25) is 4.99 Å². The number of fused-ring (bicyclic) bond motifs is 3. The zero-order valence-electron chi connectivity index (χ0n) is 22.0. The molecule has 3 rings (SSSR count). The highest BCUT2D eigenvalue weighted by Crippen LogP contribution is 2.49. The number of unbranched alkanes of at least 4 members (excludes halogenated alkanes) is 1. The molecule has 0 aliphatic heterocycles. The number of ether oxygens (including phenoxy) is 3. The molecule has 13 heteroatoms. The lowest BCUT2D eigenvalue weighted by Gasteiger charge is -2.29. The first-order chi connectivity index (χ1) is 19.1. The second-order valence-corrected chi connectivity index (χ2v) is 9.19. The molecule has 2 aromatic rings. The van der Waals surface area contributed by atoms with Gasteiger partial charge in [-0.2, -0.15) is 30.7 Å². The Labute approximate surface area is 230 Å². The van der Waals surface area contributed by atoms with Crippen molar-refractivity contribution in [3.8, 4) is 11.1 Å². The van der Waals surface area contributed by atoms with Crippen LogP contribution in [0.25, 0.3) is 11.1 Å². The molecule has 6 nitrogen and oxygen atoms in total. The first-order valence-electron chi connectivity index (χ1n) is 12.3. The molecule has 0 aromatic heterocycles. The van der Waals surface area contributed by atoms with Crippen LogP contribution >= 0.6 is 0 Å². The van der Waals surface area contributed by atoms with Crippen LogP contribution in [-0.2, 0) is 19.0 Å². The van der Waals surface area contributed by atoms with E-state index in [2.05, 4.69) is 11.6 Å². The average molecular weight is 590 g/mol. The summed E-state index contributed by atoms with van der Waals surface area (Å²) in [7, 11) is 0.702. The van der Waals surface area contributed by atoms with Gasteiger partial charge >= 0.3 is 30.1 Å². The van der Waals surface area contributed by atoms with Gasteiger partial charge in [-0.25, -0.2) is 9.59 Å². The number of hydrogen-bond acceptors (Lipinski definition) is 6. The molecular formula is C28H26F7NO5. The highest BCUT2D eigenvalue weighted by atomic mass is 19.4. The molecule has 0 radical (unpaired) electrons. The van der Waals surface area contributed by atoms with Crippen LogP contribution in [0.5, 0.6) is 0 Å².